The molecule has 2 saturated heterocycles. The molecule has 0 radical (unpaired) electrons. The molecule has 11 N–H and O–H groups in total. The van der Waals surface area contributed by atoms with Crippen molar-refractivity contribution in [2.45, 2.75) is 74.4 Å². The third kappa shape index (κ3) is 6.49. The summed E-state index contributed by atoms with van der Waals surface area (Å²) >= 11 is 0. The maximum Gasteiger partial charge on any atom is 0.404 e. The van der Waals surface area contributed by atoms with Crippen LogP contribution in [0.1, 0.15) is 25.7 Å². The number of aliphatic imine (C=N–C) groups is 1. The van der Waals surface area contributed by atoms with E-state index in [2.05, 4.69) is 20.9 Å². The molecule has 2 fully saturated rings. The number of hydrogen-bond acceptors (Lipinski definition) is 12. The van der Waals surface area contributed by atoms with E-state index in [-0.39, 0.29) is 24.3 Å². The number of likely N-dealkylation sites (N-methyl/N-ethyl adjacent to an activating group) is 1. The Hall–Kier alpha value is -2.72. The van der Waals surface area contributed by atoms with Gasteiger partial charge in [-0.1, -0.05) is 0 Å². The van der Waals surface area contributed by atoms with Crippen LogP contribution in [-0.4, -0.2) is 114 Å². The minimum absolute atomic E-state index is 0.0368. The number of ether oxygens (including phenoxy) is 2. The van der Waals surface area contributed by atoms with E-state index in [1.54, 1.807) is 11.9 Å². The maximum absolute atomic E-state index is 12.7. The van der Waals surface area contributed by atoms with Gasteiger partial charge in [0.25, 0.3) is 0 Å². The van der Waals surface area contributed by atoms with Crippen LogP contribution in [0.2, 0.25) is 0 Å². The summed E-state index contributed by atoms with van der Waals surface area (Å²) in [5.41, 5.74) is 16.6. The van der Waals surface area contributed by atoms with Crippen molar-refractivity contribution in [1.29, 1.82) is 0 Å². The van der Waals surface area contributed by atoms with E-state index in [9.17, 15) is 24.6 Å². The summed E-state index contributed by atoms with van der Waals surface area (Å²) in [5.74, 6) is -0.360. The van der Waals surface area contributed by atoms with Gasteiger partial charge in [0.2, 0.25) is 11.8 Å². The molecule has 0 bridgehead atoms. The molecule has 0 aromatic rings. The van der Waals surface area contributed by atoms with Crippen molar-refractivity contribution in [2.24, 2.45) is 22.2 Å². The monoisotopic (exact) mass is 500 g/mol. The number of fused-ring (bicyclic) bond motifs is 1. The smallest absolute Gasteiger partial charge is 0.404 e. The number of likely N-dealkylation sites (tertiary alicyclic amines) is 1. The van der Waals surface area contributed by atoms with E-state index in [1.165, 1.54) is 0 Å². The predicted molar refractivity (Wildman–Crippen MR) is 123 cm³/mol. The van der Waals surface area contributed by atoms with Gasteiger partial charge in [0.05, 0.1) is 12.6 Å². The van der Waals surface area contributed by atoms with E-state index in [1.807, 2.05) is 0 Å². The second-order valence-electron chi connectivity index (χ2n) is 9.02. The summed E-state index contributed by atoms with van der Waals surface area (Å²) in [5, 5.41) is 29.5. The number of rotatable bonds is 9. The number of amides is 3. The van der Waals surface area contributed by atoms with Crippen LogP contribution in [-0.2, 0) is 19.1 Å². The number of aliphatic hydroxyl groups excluding tert-OH is 2. The van der Waals surface area contributed by atoms with Crippen molar-refractivity contribution < 1.29 is 34.1 Å². The standard InChI is InChI=1S/C20H36N8O7/c1-28-6-4-10-13(18(28)32)26-20(24-10)27-17-14(25-12(30)7-9(22)3-2-5-21)15(31)16(35-19(23)33)11(8-29)34-17/h9-11,13-17,29,31H,2-8,21-22H2,1H3,(H2,23,33)(H,25,30)(H2,24,26,27)/t9-,10+,11?,13-,14?,15?,16?,17?/m0/s1. The summed E-state index contributed by atoms with van der Waals surface area (Å²) < 4.78 is 10.8. The summed E-state index contributed by atoms with van der Waals surface area (Å²) in [6, 6.07) is -2.40. The third-order valence-electron chi connectivity index (χ3n) is 6.36. The molecule has 0 aromatic heterocycles. The minimum atomic E-state index is -1.49. The Balaban J connectivity index is 1.76. The van der Waals surface area contributed by atoms with E-state index >= 15 is 0 Å². The molecule has 35 heavy (non-hydrogen) atoms. The van der Waals surface area contributed by atoms with Gasteiger partial charge in [0, 0.05) is 26.1 Å². The predicted octanol–water partition coefficient (Wildman–Crippen LogP) is -4.38. The molecule has 15 nitrogen and oxygen atoms in total. The first kappa shape index (κ1) is 26.9. The van der Waals surface area contributed by atoms with Crippen LogP contribution < -0.4 is 33.2 Å². The highest BCUT2D eigenvalue weighted by Crippen LogP contribution is 2.24. The molecule has 0 spiro atoms. The van der Waals surface area contributed by atoms with Crippen LogP contribution >= 0.6 is 0 Å². The Kier molecular flexibility index (Phi) is 9.07. The largest absolute Gasteiger partial charge is 0.441 e. The van der Waals surface area contributed by atoms with Crippen molar-refractivity contribution >= 4 is 23.9 Å². The van der Waals surface area contributed by atoms with Gasteiger partial charge in [-0.3, -0.25) is 9.59 Å². The number of piperidine rings is 1. The van der Waals surface area contributed by atoms with Crippen molar-refractivity contribution in [3.8, 4) is 0 Å². The van der Waals surface area contributed by atoms with Crippen LogP contribution in [0.15, 0.2) is 4.99 Å². The molecule has 198 valence electrons. The van der Waals surface area contributed by atoms with Crippen molar-refractivity contribution in [3.05, 3.63) is 0 Å². The van der Waals surface area contributed by atoms with Gasteiger partial charge in [0.15, 0.2) is 24.3 Å². The number of nitrogens with zero attached hydrogens (tertiary/aromatic N) is 2. The summed E-state index contributed by atoms with van der Waals surface area (Å²) in [6.07, 6.45) is -4.41. The number of carbonyl (C=O) groups is 3. The van der Waals surface area contributed by atoms with Gasteiger partial charge in [-0.15, -0.1) is 0 Å². The van der Waals surface area contributed by atoms with E-state index in [0.29, 0.717) is 32.4 Å². The molecule has 0 saturated carbocycles. The molecular formula is C20H36N8O7. The lowest BCUT2D eigenvalue weighted by Gasteiger charge is -2.44. The Bertz CT molecular complexity index is 814. The highest BCUT2D eigenvalue weighted by Gasteiger charge is 2.49. The van der Waals surface area contributed by atoms with Gasteiger partial charge < -0.3 is 57.7 Å². The molecule has 5 unspecified atom stereocenters. The number of guanidine groups is 1. The molecule has 0 aromatic carbocycles. The highest BCUT2D eigenvalue weighted by atomic mass is 16.6. The fourth-order valence-electron chi connectivity index (χ4n) is 4.49. The first-order valence-electron chi connectivity index (χ1n) is 11.7. The zero-order valence-electron chi connectivity index (χ0n) is 19.6. The molecule has 3 heterocycles. The average molecular weight is 501 g/mol. The number of nitrogens with two attached hydrogens (primary N) is 3. The molecule has 0 aliphatic carbocycles. The lowest BCUT2D eigenvalue weighted by molar-refractivity contribution is -0.198. The zero-order valence-corrected chi connectivity index (χ0v) is 19.6. The van der Waals surface area contributed by atoms with E-state index < -0.39 is 61.3 Å². The van der Waals surface area contributed by atoms with Gasteiger partial charge >= 0.3 is 6.09 Å². The first-order chi connectivity index (χ1) is 16.6. The lowest BCUT2D eigenvalue weighted by Crippen LogP contribution is -2.69. The molecular weight excluding hydrogens is 464 g/mol. The van der Waals surface area contributed by atoms with Crippen LogP contribution in [0, 0.1) is 0 Å². The first-order valence-corrected chi connectivity index (χ1v) is 11.7. The second kappa shape index (κ2) is 11.8. The second-order valence-corrected chi connectivity index (χ2v) is 9.02. The van der Waals surface area contributed by atoms with Gasteiger partial charge in [0.1, 0.15) is 18.2 Å². The zero-order chi connectivity index (χ0) is 25.7. The Morgan fingerprint density at radius 1 is 1.43 bits per heavy atom. The Labute approximate surface area is 202 Å². The van der Waals surface area contributed by atoms with Crippen LogP contribution in [0.25, 0.3) is 0 Å². The summed E-state index contributed by atoms with van der Waals surface area (Å²) in [7, 11) is 1.70. The van der Waals surface area contributed by atoms with Crippen LogP contribution in [0.4, 0.5) is 4.79 Å². The molecule has 3 amide bonds. The molecule has 8 atom stereocenters. The fourth-order valence-corrected chi connectivity index (χ4v) is 4.49. The topological polar surface area (TPSA) is 240 Å². The van der Waals surface area contributed by atoms with E-state index in [4.69, 9.17) is 26.7 Å². The quantitative estimate of drug-likeness (QED) is 0.150. The number of primary amides is 1. The van der Waals surface area contributed by atoms with Crippen molar-refractivity contribution in [2.75, 3.05) is 26.7 Å². The fraction of sp³-hybridized carbons (Fsp3) is 0.800. The summed E-state index contributed by atoms with van der Waals surface area (Å²) in [6.45, 7) is 0.420. The normalized spacial score (nSPS) is 33.3. The molecule has 3 aliphatic heterocycles. The molecule has 3 rings (SSSR count). The lowest BCUT2D eigenvalue weighted by atomic mass is 9.95. The Morgan fingerprint density at radius 2 is 2.17 bits per heavy atom. The van der Waals surface area contributed by atoms with Gasteiger partial charge in [-0.25, -0.2) is 9.79 Å². The number of nitrogens with one attached hydrogen (secondary N) is 3. The maximum atomic E-state index is 12.7. The highest BCUT2D eigenvalue weighted by molar-refractivity contribution is 5.92. The minimum Gasteiger partial charge on any atom is -0.441 e. The summed E-state index contributed by atoms with van der Waals surface area (Å²) in [4.78, 5) is 42.5. The van der Waals surface area contributed by atoms with Gasteiger partial charge in [-0.2, -0.15) is 0 Å². The van der Waals surface area contributed by atoms with Crippen molar-refractivity contribution in [3.63, 3.8) is 0 Å². The Morgan fingerprint density at radius 3 is 2.83 bits per heavy atom. The van der Waals surface area contributed by atoms with Crippen molar-refractivity contribution in [1.82, 2.24) is 20.9 Å². The number of carbonyl (C=O) groups excluding carboxylic acids is 3. The van der Waals surface area contributed by atoms with Crippen LogP contribution in [0.5, 0.6) is 0 Å². The third-order valence-corrected chi connectivity index (χ3v) is 6.36. The molecule has 15 heteroatoms. The average Bonchev–Trinajstić information content (AvgIpc) is 3.22. The number of hydrogen-bond donors (Lipinski definition) is 8. The molecule has 3 aliphatic rings. The van der Waals surface area contributed by atoms with E-state index in [0.717, 1.165) is 0 Å². The van der Waals surface area contributed by atoms with Gasteiger partial charge in [-0.05, 0) is 25.8 Å². The van der Waals surface area contributed by atoms with Crippen LogP contribution in [0.3, 0.4) is 0 Å². The number of aliphatic hydroxyl groups is 2. The SMILES string of the molecule is CN1CC[C@H]2NC(NC3OC(CO)C(OC(N)=O)C(O)C3NC(=O)C[C@@H](N)CCCN)=N[C@@H]2C1=O.